The van der Waals surface area contributed by atoms with Crippen molar-refractivity contribution in [2.45, 2.75) is 38.7 Å². The summed E-state index contributed by atoms with van der Waals surface area (Å²) in [7, 11) is 0. The molecule has 0 spiro atoms. The first-order chi connectivity index (χ1) is 8.95. The minimum Gasteiger partial charge on any atom is -0.481 e. The fourth-order valence-corrected chi connectivity index (χ4v) is 3.56. The lowest BCUT2D eigenvalue weighted by molar-refractivity contribution is -0.160. The number of amides is 1. The first kappa shape index (κ1) is 13.8. The third kappa shape index (κ3) is 1.72. The third-order valence-electron chi connectivity index (χ3n) is 4.62. The number of nitrogens with zero attached hydrogens (tertiary/aromatic N) is 1. The molecule has 104 valence electrons. The summed E-state index contributed by atoms with van der Waals surface area (Å²) in [5.41, 5.74) is 2.83. The molecule has 0 saturated heterocycles. The van der Waals surface area contributed by atoms with E-state index in [0.29, 0.717) is 19.4 Å². The van der Waals surface area contributed by atoms with Crippen LogP contribution < -0.4 is 5.73 Å². The Hall–Kier alpha value is -1.61. The van der Waals surface area contributed by atoms with Gasteiger partial charge in [-0.25, -0.2) is 0 Å². The highest BCUT2D eigenvalue weighted by atomic mass is 16.5. The Morgan fingerprint density at radius 3 is 2.68 bits per heavy atom. The van der Waals surface area contributed by atoms with Crippen molar-refractivity contribution >= 4 is 11.9 Å². The third-order valence-corrected chi connectivity index (χ3v) is 4.62. The Balaban J connectivity index is 2.36. The molecule has 6 heteroatoms. The maximum Gasteiger partial charge on any atom is 0.312 e. The molecule has 1 amide bonds. The van der Waals surface area contributed by atoms with Crippen LogP contribution in [0, 0.1) is 28.1 Å². The quantitative estimate of drug-likeness (QED) is 0.758. The molecule has 2 aliphatic rings. The van der Waals surface area contributed by atoms with E-state index in [0.717, 1.165) is 6.42 Å². The SMILES string of the molecule is CCOC1CCCC1(C(=O)O)C1CC1(C#N)C(N)=O. The monoisotopic (exact) mass is 266 g/mol. The van der Waals surface area contributed by atoms with Crippen molar-refractivity contribution in [1.29, 1.82) is 5.26 Å². The molecule has 2 fully saturated rings. The Morgan fingerprint density at radius 2 is 2.26 bits per heavy atom. The highest BCUT2D eigenvalue weighted by Crippen LogP contribution is 2.66. The molecule has 0 aliphatic heterocycles. The van der Waals surface area contributed by atoms with Gasteiger partial charge in [-0.3, -0.25) is 9.59 Å². The topological polar surface area (TPSA) is 113 Å². The highest BCUT2D eigenvalue weighted by molar-refractivity contribution is 5.90. The van der Waals surface area contributed by atoms with Crippen LogP contribution in [0.5, 0.6) is 0 Å². The largest absolute Gasteiger partial charge is 0.481 e. The molecule has 3 N–H and O–H groups in total. The van der Waals surface area contributed by atoms with Crippen molar-refractivity contribution in [2.24, 2.45) is 22.5 Å². The van der Waals surface area contributed by atoms with Crippen molar-refractivity contribution < 1.29 is 19.4 Å². The van der Waals surface area contributed by atoms with Crippen LogP contribution in [0.1, 0.15) is 32.6 Å². The van der Waals surface area contributed by atoms with E-state index in [1.807, 2.05) is 13.0 Å². The van der Waals surface area contributed by atoms with Crippen LogP contribution >= 0.6 is 0 Å². The lowest BCUT2D eigenvalue weighted by Crippen LogP contribution is -2.45. The van der Waals surface area contributed by atoms with Gasteiger partial charge in [-0.15, -0.1) is 0 Å². The molecule has 0 radical (unpaired) electrons. The minimum atomic E-state index is -1.32. The van der Waals surface area contributed by atoms with Gasteiger partial charge in [0.25, 0.3) is 0 Å². The van der Waals surface area contributed by atoms with Crippen molar-refractivity contribution in [3.05, 3.63) is 0 Å². The van der Waals surface area contributed by atoms with E-state index in [1.165, 1.54) is 0 Å². The molecule has 19 heavy (non-hydrogen) atoms. The minimum absolute atomic E-state index is 0.231. The Kier molecular flexibility index (Phi) is 3.27. The Morgan fingerprint density at radius 1 is 1.58 bits per heavy atom. The van der Waals surface area contributed by atoms with E-state index in [2.05, 4.69) is 0 Å². The van der Waals surface area contributed by atoms with Gasteiger partial charge in [-0.2, -0.15) is 5.26 Å². The molecule has 6 nitrogen and oxygen atoms in total. The second kappa shape index (κ2) is 4.49. The van der Waals surface area contributed by atoms with Crippen molar-refractivity contribution in [1.82, 2.24) is 0 Å². The molecule has 0 bridgehead atoms. The molecule has 0 aromatic carbocycles. The van der Waals surface area contributed by atoms with Gasteiger partial charge in [-0.1, -0.05) is 0 Å². The number of nitrogens with two attached hydrogens (primary N) is 1. The number of aliphatic carboxylic acids is 1. The Bertz CT molecular complexity index is 458. The average molecular weight is 266 g/mol. The van der Waals surface area contributed by atoms with E-state index < -0.39 is 34.7 Å². The Labute approximate surface area is 111 Å². The van der Waals surface area contributed by atoms with Crippen LogP contribution in [-0.2, 0) is 14.3 Å². The summed E-state index contributed by atoms with van der Waals surface area (Å²) < 4.78 is 5.56. The van der Waals surface area contributed by atoms with Gasteiger partial charge in [-0.05, 0) is 32.6 Å². The number of carboxylic acids is 1. The van der Waals surface area contributed by atoms with E-state index >= 15 is 0 Å². The lowest BCUT2D eigenvalue weighted by Gasteiger charge is -2.32. The number of carboxylic acid groups (broad SMARTS) is 1. The maximum absolute atomic E-state index is 11.8. The molecule has 2 rings (SSSR count). The van der Waals surface area contributed by atoms with Gasteiger partial charge in [0, 0.05) is 12.5 Å². The normalized spacial score (nSPS) is 40.6. The average Bonchev–Trinajstić information content (AvgIpc) is 2.98. The first-order valence-corrected chi connectivity index (χ1v) is 6.52. The molecule has 4 unspecified atom stereocenters. The van der Waals surface area contributed by atoms with Crippen molar-refractivity contribution in [2.75, 3.05) is 6.61 Å². The molecule has 2 aliphatic carbocycles. The number of primary amides is 1. The van der Waals surface area contributed by atoms with Crippen molar-refractivity contribution in [3.8, 4) is 6.07 Å². The zero-order chi connectivity index (χ0) is 14.3. The smallest absolute Gasteiger partial charge is 0.312 e. The number of hydrogen-bond donors (Lipinski definition) is 2. The van der Waals surface area contributed by atoms with Crippen LogP contribution in [0.4, 0.5) is 0 Å². The summed E-state index contributed by atoms with van der Waals surface area (Å²) in [6.07, 6.45) is 1.61. The molecule has 4 atom stereocenters. The van der Waals surface area contributed by atoms with Gasteiger partial charge in [0.15, 0.2) is 0 Å². The van der Waals surface area contributed by atoms with Crippen LogP contribution in [0.15, 0.2) is 0 Å². The zero-order valence-corrected chi connectivity index (χ0v) is 10.9. The van der Waals surface area contributed by atoms with E-state index in [-0.39, 0.29) is 6.42 Å². The van der Waals surface area contributed by atoms with E-state index in [1.54, 1.807) is 0 Å². The predicted molar refractivity (Wildman–Crippen MR) is 64.7 cm³/mol. The molecule has 0 aromatic rings. The molecular formula is C13H18N2O4. The van der Waals surface area contributed by atoms with E-state index in [9.17, 15) is 20.0 Å². The van der Waals surface area contributed by atoms with E-state index in [4.69, 9.17) is 10.5 Å². The number of carbonyl (C=O) groups is 2. The second-order valence-electron chi connectivity index (χ2n) is 5.39. The summed E-state index contributed by atoms with van der Waals surface area (Å²) in [6, 6.07) is 1.93. The number of rotatable bonds is 5. The summed E-state index contributed by atoms with van der Waals surface area (Å²) in [6.45, 7) is 2.23. The van der Waals surface area contributed by atoms with Crippen LogP contribution in [0.3, 0.4) is 0 Å². The maximum atomic E-state index is 11.8. The van der Waals surface area contributed by atoms with Crippen molar-refractivity contribution in [3.63, 3.8) is 0 Å². The van der Waals surface area contributed by atoms with Crippen LogP contribution in [0.25, 0.3) is 0 Å². The standard InChI is InChI=1S/C13H18N2O4/c1-2-19-9-4-3-5-13(9,11(17)18)8-6-12(8,7-14)10(15)16/h8-9H,2-6H2,1H3,(H2,15,16)(H,17,18). The number of ether oxygens (including phenoxy) is 1. The first-order valence-electron chi connectivity index (χ1n) is 6.52. The summed E-state index contributed by atoms with van der Waals surface area (Å²) in [5, 5.41) is 18.8. The fraction of sp³-hybridized carbons (Fsp3) is 0.769. The summed E-state index contributed by atoms with van der Waals surface area (Å²) in [4.78, 5) is 23.3. The number of nitriles is 1. The molecule has 0 heterocycles. The van der Waals surface area contributed by atoms with Gasteiger partial charge < -0.3 is 15.6 Å². The summed E-state index contributed by atoms with van der Waals surface area (Å²) in [5.74, 6) is -2.23. The fourth-order valence-electron chi connectivity index (χ4n) is 3.56. The van der Waals surface area contributed by atoms with Gasteiger partial charge in [0.1, 0.15) is 5.41 Å². The van der Waals surface area contributed by atoms with Crippen LogP contribution in [-0.4, -0.2) is 29.7 Å². The number of carbonyl (C=O) groups excluding carboxylic acids is 1. The number of hydrogen-bond acceptors (Lipinski definition) is 4. The zero-order valence-electron chi connectivity index (χ0n) is 10.9. The molecule has 0 aromatic heterocycles. The van der Waals surface area contributed by atoms with Gasteiger partial charge >= 0.3 is 5.97 Å². The van der Waals surface area contributed by atoms with Gasteiger partial charge in [0.2, 0.25) is 5.91 Å². The molecular weight excluding hydrogens is 248 g/mol. The lowest BCUT2D eigenvalue weighted by atomic mass is 9.75. The summed E-state index contributed by atoms with van der Waals surface area (Å²) >= 11 is 0. The van der Waals surface area contributed by atoms with Crippen LogP contribution in [0.2, 0.25) is 0 Å². The molecule has 2 saturated carbocycles. The second-order valence-corrected chi connectivity index (χ2v) is 5.39. The highest BCUT2D eigenvalue weighted by Gasteiger charge is 2.73. The predicted octanol–water partition coefficient (Wildman–Crippen LogP) is 0.662. The van der Waals surface area contributed by atoms with Gasteiger partial charge in [0.05, 0.1) is 17.6 Å².